The van der Waals surface area contributed by atoms with E-state index in [-0.39, 0.29) is 11.1 Å². The van der Waals surface area contributed by atoms with E-state index in [2.05, 4.69) is 31.9 Å². The van der Waals surface area contributed by atoms with Crippen LogP contribution in [0.4, 0.5) is 4.39 Å². The van der Waals surface area contributed by atoms with E-state index in [9.17, 15) is 4.39 Å². The Balaban J connectivity index is 2.37. The van der Waals surface area contributed by atoms with Gasteiger partial charge < -0.3 is 10.5 Å². The van der Waals surface area contributed by atoms with Crippen LogP contribution in [0.3, 0.4) is 0 Å². The molecule has 0 amide bonds. The van der Waals surface area contributed by atoms with Crippen molar-refractivity contribution in [2.75, 3.05) is 0 Å². The molecule has 1 atom stereocenters. The maximum absolute atomic E-state index is 13.6. The molecular weight excluding hydrogens is 424 g/mol. The second kappa shape index (κ2) is 7.09. The van der Waals surface area contributed by atoms with Crippen LogP contribution < -0.4 is 10.5 Å². The van der Waals surface area contributed by atoms with E-state index in [0.29, 0.717) is 22.4 Å². The fourth-order valence-corrected chi connectivity index (χ4v) is 2.98. The summed E-state index contributed by atoms with van der Waals surface area (Å²) in [5.74, 6) is 0.476. The van der Waals surface area contributed by atoms with Gasteiger partial charge in [0.05, 0.1) is 9.50 Å². The molecule has 0 saturated heterocycles. The topological polar surface area (TPSA) is 35.2 Å². The Morgan fingerprint density at radius 3 is 2.62 bits per heavy atom. The lowest BCUT2D eigenvalue weighted by Gasteiger charge is -2.14. The van der Waals surface area contributed by atoms with Crippen molar-refractivity contribution in [1.82, 2.24) is 0 Å². The summed E-state index contributed by atoms with van der Waals surface area (Å²) in [7, 11) is 0. The maximum atomic E-state index is 13.6. The molecule has 2 N–H and O–H groups in total. The first-order chi connectivity index (χ1) is 9.86. The van der Waals surface area contributed by atoms with Crippen molar-refractivity contribution >= 4 is 43.5 Å². The number of ether oxygens (including phenoxy) is 1. The van der Waals surface area contributed by atoms with E-state index in [0.717, 1.165) is 10.0 Å². The van der Waals surface area contributed by atoms with Crippen molar-refractivity contribution in [2.45, 2.75) is 19.4 Å². The summed E-state index contributed by atoms with van der Waals surface area (Å²) in [4.78, 5) is 0. The van der Waals surface area contributed by atoms with Crippen LogP contribution in [-0.4, -0.2) is 6.04 Å². The number of rotatable bonds is 4. The van der Waals surface area contributed by atoms with Crippen molar-refractivity contribution in [1.29, 1.82) is 0 Å². The molecule has 0 aliphatic rings. The maximum Gasteiger partial charge on any atom is 0.145 e. The van der Waals surface area contributed by atoms with E-state index < -0.39 is 5.82 Å². The largest absolute Gasteiger partial charge is 0.456 e. The SMILES string of the molecule is CC(N)Cc1cc(Br)ccc1Oc1cc(F)c(Cl)cc1Br. The second-order valence-corrected chi connectivity index (χ2v) is 6.91. The first-order valence-electron chi connectivity index (χ1n) is 6.23. The molecule has 0 aliphatic carbocycles. The number of nitrogens with two attached hydrogens (primary N) is 1. The fourth-order valence-electron chi connectivity index (χ4n) is 1.85. The molecular formula is C15H13Br2ClFNO. The summed E-state index contributed by atoms with van der Waals surface area (Å²) in [6.07, 6.45) is 0.655. The summed E-state index contributed by atoms with van der Waals surface area (Å²) < 4.78 is 20.9. The molecule has 0 fully saturated rings. The van der Waals surface area contributed by atoms with Crippen LogP contribution in [0.2, 0.25) is 5.02 Å². The molecule has 0 bridgehead atoms. The van der Waals surface area contributed by atoms with Gasteiger partial charge in [-0.05, 0) is 59.1 Å². The molecule has 0 spiro atoms. The van der Waals surface area contributed by atoms with E-state index >= 15 is 0 Å². The van der Waals surface area contributed by atoms with Crippen LogP contribution >= 0.6 is 43.5 Å². The molecule has 112 valence electrons. The molecule has 0 saturated carbocycles. The minimum Gasteiger partial charge on any atom is -0.456 e. The number of hydrogen-bond acceptors (Lipinski definition) is 2. The Labute approximate surface area is 144 Å². The monoisotopic (exact) mass is 435 g/mol. The Morgan fingerprint density at radius 2 is 1.95 bits per heavy atom. The normalized spacial score (nSPS) is 12.3. The average Bonchev–Trinajstić information content (AvgIpc) is 2.38. The van der Waals surface area contributed by atoms with Crippen LogP contribution in [0.15, 0.2) is 39.3 Å². The van der Waals surface area contributed by atoms with Crippen molar-refractivity contribution < 1.29 is 9.13 Å². The highest BCUT2D eigenvalue weighted by Gasteiger charge is 2.12. The molecule has 0 heterocycles. The molecule has 0 aromatic heterocycles. The summed E-state index contributed by atoms with van der Waals surface area (Å²) in [6, 6.07) is 8.34. The highest BCUT2D eigenvalue weighted by Crippen LogP contribution is 2.36. The van der Waals surface area contributed by atoms with Gasteiger partial charge in [-0.3, -0.25) is 0 Å². The summed E-state index contributed by atoms with van der Waals surface area (Å²) >= 11 is 12.5. The fraction of sp³-hybridized carbons (Fsp3) is 0.200. The van der Waals surface area contributed by atoms with Gasteiger partial charge >= 0.3 is 0 Å². The van der Waals surface area contributed by atoms with E-state index in [1.165, 1.54) is 12.1 Å². The zero-order chi connectivity index (χ0) is 15.6. The predicted octanol–water partition coefficient (Wildman–Crippen LogP) is 5.69. The minimum absolute atomic E-state index is 0.00737. The van der Waals surface area contributed by atoms with Crippen LogP contribution in [0.1, 0.15) is 12.5 Å². The molecule has 21 heavy (non-hydrogen) atoms. The van der Waals surface area contributed by atoms with E-state index in [4.69, 9.17) is 22.1 Å². The molecule has 6 heteroatoms. The number of benzene rings is 2. The quantitative estimate of drug-likeness (QED) is 0.624. The molecule has 2 aromatic rings. The zero-order valence-corrected chi connectivity index (χ0v) is 15.1. The minimum atomic E-state index is -0.527. The Bertz CT molecular complexity index is 664. The van der Waals surface area contributed by atoms with Gasteiger partial charge in [-0.2, -0.15) is 0 Å². The number of hydrogen-bond donors (Lipinski definition) is 1. The van der Waals surface area contributed by atoms with Crippen molar-refractivity contribution in [2.24, 2.45) is 5.73 Å². The lowest BCUT2D eigenvalue weighted by Crippen LogP contribution is -2.18. The van der Waals surface area contributed by atoms with E-state index in [1.807, 2.05) is 25.1 Å². The van der Waals surface area contributed by atoms with Crippen LogP contribution in [0.25, 0.3) is 0 Å². The standard InChI is InChI=1S/C15H13Br2ClFNO/c1-8(20)4-9-5-10(16)2-3-14(9)21-15-7-13(19)12(18)6-11(15)17/h2-3,5-8H,4,20H2,1H3. The highest BCUT2D eigenvalue weighted by atomic mass is 79.9. The van der Waals surface area contributed by atoms with E-state index in [1.54, 1.807) is 0 Å². The van der Waals surface area contributed by atoms with Gasteiger partial charge in [-0.25, -0.2) is 4.39 Å². The Kier molecular flexibility index (Phi) is 5.66. The van der Waals surface area contributed by atoms with Crippen LogP contribution in [0, 0.1) is 5.82 Å². The summed E-state index contributed by atoms with van der Waals surface area (Å²) in [6.45, 7) is 1.92. The second-order valence-electron chi connectivity index (χ2n) is 4.73. The smallest absolute Gasteiger partial charge is 0.145 e. The highest BCUT2D eigenvalue weighted by molar-refractivity contribution is 9.10. The third-order valence-electron chi connectivity index (χ3n) is 2.76. The van der Waals surface area contributed by atoms with Crippen LogP contribution in [-0.2, 0) is 6.42 Å². The first-order valence-corrected chi connectivity index (χ1v) is 8.19. The van der Waals surface area contributed by atoms with Gasteiger partial charge in [-0.1, -0.05) is 27.5 Å². The van der Waals surface area contributed by atoms with Crippen molar-refractivity contribution in [3.05, 3.63) is 55.7 Å². The molecule has 0 aliphatic heterocycles. The lowest BCUT2D eigenvalue weighted by molar-refractivity contribution is 0.465. The number of halogens is 4. The Hall–Kier alpha value is -0.620. The average molecular weight is 438 g/mol. The van der Waals surface area contributed by atoms with Gasteiger partial charge in [0.25, 0.3) is 0 Å². The summed E-state index contributed by atoms with van der Waals surface area (Å²) in [5.41, 5.74) is 6.80. The van der Waals surface area contributed by atoms with Crippen molar-refractivity contribution in [3.8, 4) is 11.5 Å². The molecule has 1 unspecified atom stereocenters. The van der Waals surface area contributed by atoms with Gasteiger partial charge in [0.2, 0.25) is 0 Å². The molecule has 2 rings (SSSR count). The van der Waals surface area contributed by atoms with Gasteiger partial charge in [-0.15, -0.1) is 0 Å². The first kappa shape index (κ1) is 16.7. The van der Waals surface area contributed by atoms with Gasteiger partial charge in [0, 0.05) is 16.6 Å². The summed E-state index contributed by atoms with van der Waals surface area (Å²) in [5, 5.41) is 0.0424. The predicted molar refractivity (Wildman–Crippen MR) is 90.7 cm³/mol. The van der Waals surface area contributed by atoms with Gasteiger partial charge in [0.15, 0.2) is 0 Å². The third-order valence-corrected chi connectivity index (χ3v) is 4.16. The van der Waals surface area contributed by atoms with Gasteiger partial charge in [0.1, 0.15) is 17.3 Å². The van der Waals surface area contributed by atoms with Crippen molar-refractivity contribution in [3.63, 3.8) is 0 Å². The van der Waals surface area contributed by atoms with Crippen LogP contribution in [0.5, 0.6) is 11.5 Å². The zero-order valence-electron chi connectivity index (χ0n) is 11.2. The molecule has 2 nitrogen and oxygen atoms in total. The molecule has 0 radical (unpaired) electrons. The molecule has 2 aromatic carbocycles. The lowest BCUT2D eigenvalue weighted by atomic mass is 10.1. The third kappa shape index (κ3) is 4.42. The Morgan fingerprint density at radius 1 is 1.24 bits per heavy atom.